The number of aromatic carboxylic acids is 1. The zero-order valence-corrected chi connectivity index (χ0v) is 13.4. The third kappa shape index (κ3) is 3.87. The second-order valence-corrected chi connectivity index (χ2v) is 6.66. The molecule has 4 heteroatoms. The molecule has 120 valence electrons. The number of hydrogen-bond donors (Lipinski definition) is 1. The molecule has 1 aliphatic rings. The molecule has 0 heterocycles. The van der Waals surface area contributed by atoms with Gasteiger partial charge in [0, 0.05) is 0 Å². The highest BCUT2D eigenvalue weighted by Crippen LogP contribution is 2.35. The van der Waals surface area contributed by atoms with Crippen LogP contribution >= 0.6 is 0 Å². The fourth-order valence-corrected chi connectivity index (χ4v) is 3.23. The highest BCUT2D eigenvalue weighted by Gasteiger charge is 2.33. The van der Waals surface area contributed by atoms with E-state index in [2.05, 4.69) is 20.8 Å². The van der Waals surface area contributed by atoms with Crippen LogP contribution in [-0.4, -0.2) is 23.1 Å². The number of rotatable bonds is 4. The van der Waals surface area contributed by atoms with E-state index in [0.29, 0.717) is 23.3 Å². The maximum absolute atomic E-state index is 12.3. The molecule has 0 saturated heterocycles. The molecule has 22 heavy (non-hydrogen) atoms. The predicted molar refractivity (Wildman–Crippen MR) is 83.9 cm³/mol. The average molecular weight is 304 g/mol. The van der Waals surface area contributed by atoms with Crippen LogP contribution in [0.3, 0.4) is 0 Å². The van der Waals surface area contributed by atoms with E-state index in [4.69, 9.17) is 9.84 Å². The summed E-state index contributed by atoms with van der Waals surface area (Å²) in [6.45, 7) is 6.50. The first-order valence-electron chi connectivity index (χ1n) is 7.92. The van der Waals surface area contributed by atoms with Gasteiger partial charge in [-0.2, -0.15) is 0 Å². The molecule has 0 radical (unpaired) electrons. The molecule has 0 spiro atoms. The van der Waals surface area contributed by atoms with Gasteiger partial charge in [0.05, 0.1) is 11.1 Å². The first-order chi connectivity index (χ1) is 10.4. The smallest absolute Gasteiger partial charge is 0.338 e. The molecular formula is C18H24O4. The van der Waals surface area contributed by atoms with Crippen molar-refractivity contribution in [2.75, 3.05) is 0 Å². The van der Waals surface area contributed by atoms with E-state index in [1.807, 2.05) is 0 Å². The minimum Gasteiger partial charge on any atom is -0.478 e. The molecule has 1 saturated carbocycles. The Morgan fingerprint density at radius 2 is 1.91 bits per heavy atom. The SMILES string of the molecule is CC1CCC(C(C)C)C(OC(=O)c2cccc(C(=O)O)c2)C1. The summed E-state index contributed by atoms with van der Waals surface area (Å²) in [4.78, 5) is 23.3. The second kappa shape index (κ2) is 6.95. The van der Waals surface area contributed by atoms with E-state index in [1.165, 1.54) is 18.6 Å². The summed E-state index contributed by atoms with van der Waals surface area (Å²) in [5.41, 5.74) is 0.410. The third-order valence-corrected chi connectivity index (χ3v) is 4.56. The number of benzene rings is 1. The fraction of sp³-hybridized carbons (Fsp3) is 0.556. The standard InChI is InChI=1S/C18H24O4/c1-11(2)15-8-7-12(3)9-16(15)22-18(21)14-6-4-5-13(10-14)17(19)20/h4-6,10-12,15-16H,7-9H2,1-3H3,(H,19,20). The molecule has 3 atom stereocenters. The molecule has 1 aromatic carbocycles. The van der Waals surface area contributed by atoms with Gasteiger partial charge in [0.1, 0.15) is 6.10 Å². The lowest BCUT2D eigenvalue weighted by Gasteiger charge is -2.36. The van der Waals surface area contributed by atoms with Crippen molar-refractivity contribution >= 4 is 11.9 Å². The lowest BCUT2D eigenvalue weighted by atomic mass is 9.75. The zero-order valence-electron chi connectivity index (χ0n) is 13.4. The number of carbonyl (C=O) groups excluding carboxylic acids is 1. The van der Waals surface area contributed by atoms with Crippen molar-refractivity contribution in [3.8, 4) is 0 Å². The number of ether oxygens (including phenoxy) is 1. The van der Waals surface area contributed by atoms with E-state index in [0.717, 1.165) is 12.8 Å². The lowest BCUT2D eigenvalue weighted by molar-refractivity contribution is -0.0174. The highest BCUT2D eigenvalue weighted by molar-refractivity contribution is 5.94. The number of carboxylic acids is 1. The average Bonchev–Trinajstić information content (AvgIpc) is 2.47. The van der Waals surface area contributed by atoms with Crippen LogP contribution in [0.15, 0.2) is 24.3 Å². The predicted octanol–water partition coefficient (Wildman–Crippen LogP) is 4.00. The van der Waals surface area contributed by atoms with Crippen molar-refractivity contribution in [1.82, 2.24) is 0 Å². The molecule has 0 bridgehead atoms. The molecule has 4 nitrogen and oxygen atoms in total. The maximum atomic E-state index is 12.3. The Balaban J connectivity index is 2.12. The number of carboxylic acid groups (broad SMARTS) is 1. The van der Waals surface area contributed by atoms with Crippen LogP contribution < -0.4 is 0 Å². The molecule has 1 fully saturated rings. The maximum Gasteiger partial charge on any atom is 0.338 e. The van der Waals surface area contributed by atoms with Crippen LogP contribution in [0.1, 0.15) is 60.7 Å². The summed E-state index contributed by atoms with van der Waals surface area (Å²) >= 11 is 0. The van der Waals surface area contributed by atoms with Gasteiger partial charge in [0.25, 0.3) is 0 Å². The van der Waals surface area contributed by atoms with Gasteiger partial charge in [-0.25, -0.2) is 9.59 Å². The van der Waals surface area contributed by atoms with Crippen LogP contribution in [0.25, 0.3) is 0 Å². The Morgan fingerprint density at radius 3 is 2.55 bits per heavy atom. The summed E-state index contributed by atoms with van der Waals surface area (Å²) in [5, 5.41) is 9.01. The van der Waals surface area contributed by atoms with Crippen molar-refractivity contribution in [2.45, 2.75) is 46.1 Å². The van der Waals surface area contributed by atoms with Gasteiger partial charge in [-0.15, -0.1) is 0 Å². The fourth-order valence-electron chi connectivity index (χ4n) is 3.23. The molecule has 1 aromatic rings. The van der Waals surface area contributed by atoms with Gasteiger partial charge in [0.15, 0.2) is 0 Å². The first-order valence-corrected chi connectivity index (χ1v) is 7.92. The largest absolute Gasteiger partial charge is 0.478 e. The molecule has 0 aromatic heterocycles. The van der Waals surface area contributed by atoms with Gasteiger partial charge in [-0.05, 0) is 48.8 Å². The van der Waals surface area contributed by atoms with Crippen molar-refractivity contribution in [3.05, 3.63) is 35.4 Å². The van der Waals surface area contributed by atoms with E-state index >= 15 is 0 Å². The topological polar surface area (TPSA) is 63.6 Å². The molecule has 0 aliphatic heterocycles. The van der Waals surface area contributed by atoms with Gasteiger partial charge in [0.2, 0.25) is 0 Å². The zero-order chi connectivity index (χ0) is 16.3. The summed E-state index contributed by atoms with van der Waals surface area (Å²) < 4.78 is 5.72. The quantitative estimate of drug-likeness (QED) is 0.854. The van der Waals surface area contributed by atoms with Crippen LogP contribution in [-0.2, 0) is 4.74 Å². The molecule has 1 N–H and O–H groups in total. The van der Waals surface area contributed by atoms with E-state index in [-0.39, 0.29) is 11.7 Å². The molecular weight excluding hydrogens is 280 g/mol. The van der Waals surface area contributed by atoms with Crippen molar-refractivity contribution in [3.63, 3.8) is 0 Å². The van der Waals surface area contributed by atoms with Crippen LogP contribution in [0.2, 0.25) is 0 Å². The van der Waals surface area contributed by atoms with Gasteiger partial charge in [-0.3, -0.25) is 0 Å². The lowest BCUT2D eigenvalue weighted by Crippen LogP contribution is -2.35. The Labute approximate surface area is 131 Å². The highest BCUT2D eigenvalue weighted by atomic mass is 16.5. The Hall–Kier alpha value is -1.84. The normalized spacial score (nSPS) is 25.0. The summed E-state index contributed by atoms with van der Waals surface area (Å²) in [7, 11) is 0. The van der Waals surface area contributed by atoms with E-state index < -0.39 is 11.9 Å². The van der Waals surface area contributed by atoms with E-state index in [9.17, 15) is 9.59 Å². The number of hydrogen-bond acceptors (Lipinski definition) is 3. The summed E-state index contributed by atoms with van der Waals surface area (Å²) in [6.07, 6.45) is 3.05. The van der Waals surface area contributed by atoms with Crippen LogP contribution in [0.4, 0.5) is 0 Å². The first kappa shape index (κ1) is 16.5. The van der Waals surface area contributed by atoms with Crippen LogP contribution in [0.5, 0.6) is 0 Å². The minimum atomic E-state index is -1.04. The summed E-state index contributed by atoms with van der Waals surface area (Å²) in [6, 6.07) is 6.02. The van der Waals surface area contributed by atoms with Crippen molar-refractivity contribution in [2.24, 2.45) is 17.8 Å². The Morgan fingerprint density at radius 1 is 1.23 bits per heavy atom. The molecule has 1 aliphatic carbocycles. The minimum absolute atomic E-state index is 0.0789. The second-order valence-electron chi connectivity index (χ2n) is 6.66. The number of carbonyl (C=O) groups is 2. The monoisotopic (exact) mass is 304 g/mol. The van der Waals surface area contributed by atoms with E-state index in [1.54, 1.807) is 12.1 Å². The molecule has 3 unspecified atom stereocenters. The Bertz CT molecular complexity index is 550. The van der Waals surface area contributed by atoms with Gasteiger partial charge < -0.3 is 9.84 Å². The van der Waals surface area contributed by atoms with Gasteiger partial charge in [-0.1, -0.05) is 33.3 Å². The van der Waals surface area contributed by atoms with Gasteiger partial charge >= 0.3 is 11.9 Å². The number of esters is 1. The van der Waals surface area contributed by atoms with Crippen LogP contribution in [0, 0.1) is 17.8 Å². The van der Waals surface area contributed by atoms with Crippen molar-refractivity contribution in [1.29, 1.82) is 0 Å². The molecule has 2 rings (SSSR count). The Kier molecular flexibility index (Phi) is 5.22. The summed E-state index contributed by atoms with van der Waals surface area (Å²) in [5.74, 6) is -0.0644. The van der Waals surface area contributed by atoms with Crippen molar-refractivity contribution < 1.29 is 19.4 Å². The molecule has 0 amide bonds. The third-order valence-electron chi connectivity index (χ3n) is 4.56.